The Labute approximate surface area is 117 Å². The van der Waals surface area contributed by atoms with Gasteiger partial charge in [-0.05, 0) is 31.6 Å². The molecule has 1 aromatic carbocycles. The molecule has 0 saturated carbocycles. The van der Waals surface area contributed by atoms with Gasteiger partial charge in [0, 0.05) is 5.41 Å². The Bertz CT molecular complexity index is 645. The quantitative estimate of drug-likeness (QED) is 0.480. The maximum Gasteiger partial charge on any atom is 0.238 e. The molecule has 0 aliphatic heterocycles. The molecule has 0 spiro atoms. The average Bonchev–Trinajstić information content (AvgIpc) is 2.45. The minimum atomic E-state index is -1.30. The van der Waals surface area contributed by atoms with Crippen LogP contribution in [0.2, 0.25) is 0 Å². The summed E-state index contributed by atoms with van der Waals surface area (Å²) < 4.78 is 0. The predicted octanol–water partition coefficient (Wildman–Crippen LogP) is 2.83. The van der Waals surface area contributed by atoms with Gasteiger partial charge in [0.05, 0.1) is 0 Å². The van der Waals surface area contributed by atoms with Gasteiger partial charge in [-0.2, -0.15) is 9.98 Å². The van der Waals surface area contributed by atoms with Crippen molar-refractivity contribution in [2.75, 3.05) is 0 Å². The van der Waals surface area contributed by atoms with Crippen molar-refractivity contribution in [3.63, 3.8) is 0 Å². The van der Waals surface area contributed by atoms with Crippen molar-refractivity contribution in [2.24, 2.45) is 9.98 Å². The monoisotopic (exact) mass is 266 g/mol. The zero-order chi connectivity index (χ0) is 14.6. The first-order valence-electron chi connectivity index (χ1n) is 6.20. The number of benzene rings is 1. The number of carbonyl (C=O) groups excluding carboxylic acids is 2. The van der Waals surface area contributed by atoms with Gasteiger partial charge in [-0.3, -0.25) is 0 Å². The molecule has 0 bridgehead atoms. The molecule has 2 rings (SSSR count). The summed E-state index contributed by atoms with van der Waals surface area (Å²) in [6.45, 7) is 3.98. The molecular weight excluding hydrogens is 252 g/mol. The fourth-order valence-electron chi connectivity index (χ4n) is 2.36. The zero-order valence-corrected chi connectivity index (χ0v) is 11.3. The molecule has 1 unspecified atom stereocenters. The van der Waals surface area contributed by atoms with E-state index >= 15 is 0 Å². The molecule has 100 valence electrons. The van der Waals surface area contributed by atoms with Gasteiger partial charge < -0.3 is 0 Å². The van der Waals surface area contributed by atoms with E-state index in [1.807, 2.05) is 43.3 Å². The smallest absolute Gasteiger partial charge is 0.211 e. The van der Waals surface area contributed by atoms with Crippen molar-refractivity contribution in [3.8, 4) is 0 Å². The molecular formula is C16H14N2O2. The molecule has 0 fully saturated rings. The van der Waals surface area contributed by atoms with Crippen LogP contribution in [0.15, 0.2) is 64.1 Å². The Morgan fingerprint density at radius 1 is 1.00 bits per heavy atom. The Morgan fingerprint density at radius 2 is 1.60 bits per heavy atom. The van der Waals surface area contributed by atoms with Gasteiger partial charge in [0.2, 0.25) is 17.8 Å². The van der Waals surface area contributed by atoms with Gasteiger partial charge in [-0.15, -0.1) is 0 Å². The summed E-state index contributed by atoms with van der Waals surface area (Å²) in [6, 6.07) is 9.95. The van der Waals surface area contributed by atoms with Gasteiger partial charge in [0.1, 0.15) is 0 Å². The van der Waals surface area contributed by atoms with Crippen molar-refractivity contribution in [3.05, 3.63) is 59.7 Å². The van der Waals surface area contributed by atoms with Crippen LogP contribution in [0, 0.1) is 0 Å². The van der Waals surface area contributed by atoms with E-state index in [2.05, 4.69) is 16.9 Å². The molecule has 1 aliphatic rings. The fraction of sp³-hybridized carbons (Fsp3) is 0.250. The molecule has 1 atom stereocenters. The van der Waals surface area contributed by atoms with E-state index in [4.69, 9.17) is 0 Å². The summed E-state index contributed by atoms with van der Waals surface area (Å²) in [5.74, 6) is 0. The number of aliphatic imine (C=N–C) groups is 2. The Hall–Kier alpha value is -2.54. The highest BCUT2D eigenvalue weighted by Crippen LogP contribution is 2.39. The third-order valence-corrected chi connectivity index (χ3v) is 3.73. The second-order valence-corrected chi connectivity index (χ2v) is 4.92. The fourth-order valence-corrected chi connectivity index (χ4v) is 2.36. The van der Waals surface area contributed by atoms with E-state index < -0.39 is 5.66 Å². The minimum Gasteiger partial charge on any atom is -0.211 e. The van der Waals surface area contributed by atoms with Crippen LogP contribution in [0.4, 0.5) is 0 Å². The molecule has 0 saturated heterocycles. The summed E-state index contributed by atoms with van der Waals surface area (Å²) in [7, 11) is 0. The number of nitrogens with zero attached hydrogens (tertiary/aromatic N) is 2. The topological polar surface area (TPSA) is 58.9 Å². The van der Waals surface area contributed by atoms with E-state index in [1.165, 1.54) is 12.2 Å². The number of allylic oxidation sites excluding steroid dienone is 2. The Balaban J connectivity index is 2.53. The summed E-state index contributed by atoms with van der Waals surface area (Å²) in [5, 5.41) is 0. The van der Waals surface area contributed by atoms with Crippen LogP contribution in [0.1, 0.15) is 19.4 Å². The van der Waals surface area contributed by atoms with E-state index in [1.54, 1.807) is 12.2 Å². The second-order valence-electron chi connectivity index (χ2n) is 4.92. The van der Waals surface area contributed by atoms with Crippen molar-refractivity contribution >= 4 is 12.2 Å². The predicted molar refractivity (Wildman–Crippen MR) is 75.7 cm³/mol. The van der Waals surface area contributed by atoms with Gasteiger partial charge in [0.15, 0.2) is 0 Å². The number of rotatable bonds is 3. The summed E-state index contributed by atoms with van der Waals surface area (Å²) in [5.41, 5.74) is 0.441. The highest BCUT2D eigenvalue weighted by molar-refractivity contribution is 5.51. The zero-order valence-electron chi connectivity index (χ0n) is 11.3. The lowest BCUT2D eigenvalue weighted by Gasteiger charge is -2.34. The third-order valence-electron chi connectivity index (χ3n) is 3.73. The normalized spacial score (nSPS) is 28.0. The van der Waals surface area contributed by atoms with Crippen LogP contribution in [-0.2, 0) is 15.0 Å². The summed E-state index contributed by atoms with van der Waals surface area (Å²) in [6.07, 6.45) is 8.13. The molecule has 4 nitrogen and oxygen atoms in total. The lowest BCUT2D eigenvalue weighted by molar-refractivity contribution is 0.537. The molecule has 0 N–H and O–H groups in total. The van der Waals surface area contributed by atoms with Crippen LogP contribution in [0.5, 0.6) is 0 Å². The first kappa shape index (κ1) is 13.9. The Morgan fingerprint density at radius 3 is 2.10 bits per heavy atom. The third kappa shape index (κ3) is 2.30. The Kier molecular flexibility index (Phi) is 3.62. The van der Waals surface area contributed by atoms with Gasteiger partial charge in [0.25, 0.3) is 0 Å². The molecule has 4 heteroatoms. The molecule has 0 heterocycles. The highest BCUT2D eigenvalue weighted by atomic mass is 16.1. The van der Waals surface area contributed by atoms with Crippen LogP contribution in [0.3, 0.4) is 0 Å². The van der Waals surface area contributed by atoms with Crippen LogP contribution in [-0.4, -0.2) is 17.8 Å². The standard InChI is InChI=1S/C16H14N2O2/c1-13-10-16(17-11-19,18-12-20)9-8-15(13,2)14-6-4-3-5-7-14/h3-10H,1-2H3. The van der Waals surface area contributed by atoms with E-state index in [-0.39, 0.29) is 5.41 Å². The molecule has 0 amide bonds. The second kappa shape index (κ2) is 5.22. The van der Waals surface area contributed by atoms with Crippen LogP contribution < -0.4 is 0 Å². The van der Waals surface area contributed by atoms with Gasteiger partial charge in [-0.25, -0.2) is 9.59 Å². The molecule has 0 radical (unpaired) electrons. The lowest BCUT2D eigenvalue weighted by atomic mass is 9.72. The molecule has 1 aliphatic carbocycles. The van der Waals surface area contributed by atoms with Crippen molar-refractivity contribution < 1.29 is 9.59 Å². The minimum absolute atomic E-state index is 0.318. The number of hydrogen-bond donors (Lipinski definition) is 0. The van der Waals surface area contributed by atoms with Crippen molar-refractivity contribution in [1.82, 2.24) is 0 Å². The maximum atomic E-state index is 10.5. The number of isocyanates is 2. The van der Waals surface area contributed by atoms with Crippen molar-refractivity contribution in [1.29, 1.82) is 0 Å². The van der Waals surface area contributed by atoms with E-state index in [9.17, 15) is 9.59 Å². The largest absolute Gasteiger partial charge is 0.238 e. The molecule has 1 aromatic rings. The van der Waals surface area contributed by atoms with Crippen molar-refractivity contribution in [2.45, 2.75) is 24.9 Å². The van der Waals surface area contributed by atoms with E-state index in [0.29, 0.717) is 0 Å². The lowest BCUT2D eigenvalue weighted by Crippen LogP contribution is -2.30. The molecule has 0 aromatic heterocycles. The molecule has 20 heavy (non-hydrogen) atoms. The van der Waals surface area contributed by atoms with Gasteiger partial charge in [-0.1, -0.05) is 42.0 Å². The first-order valence-corrected chi connectivity index (χ1v) is 6.20. The van der Waals surface area contributed by atoms with Crippen LogP contribution in [0.25, 0.3) is 0 Å². The summed E-state index contributed by atoms with van der Waals surface area (Å²) in [4.78, 5) is 28.3. The summed E-state index contributed by atoms with van der Waals surface area (Å²) >= 11 is 0. The van der Waals surface area contributed by atoms with Gasteiger partial charge >= 0.3 is 0 Å². The SMILES string of the molecule is CC1=CC(N=C=O)(N=C=O)C=CC1(C)c1ccccc1. The number of hydrogen-bond acceptors (Lipinski definition) is 4. The first-order chi connectivity index (χ1) is 9.56. The van der Waals surface area contributed by atoms with E-state index in [0.717, 1.165) is 11.1 Å². The van der Waals surface area contributed by atoms with Crippen LogP contribution >= 0.6 is 0 Å². The maximum absolute atomic E-state index is 10.5. The highest BCUT2D eigenvalue weighted by Gasteiger charge is 2.35. The average molecular weight is 266 g/mol.